The van der Waals surface area contributed by atoms with E-state index in [0.717, 1.165) is 0 Å². The van der Waals surface area contributed by atoms with Gasteiger partial charge in [-0.25, -0.2) is 9.48 Å². The molecule has 1 aliphatic heterocycles. The Labute approximate surface area is 112 Å². The van der Waals surface area contributed by atoms with Crippen molar-refractivity contribution >= 4 is 5.97 Å². The van der Waals surface area contributed by atoms with Gasteiger partial charge in [-0.2, -0.15) is 5.10 Å². The van der Waals surface area contributed by atoms with Gasteiger partial charge in [-0.05, 0) is 6.92 Å². The summed E-state index contributed by atoms with van der Waals surface area (Å²) in [5.74, 6) is -0.365. The molecule has 9 heteroatoms. The maximum atomic E-state index is 11.9. The van der Waals surface area contributed by atoms with E-state index in [0.29, 0.717) is 13.0 Å². The molecule has 0 saturated carbocycles. The van der Waals surface area contributed by atoms with Crippen molar-refractivity contribution < 1.29 is 32.2 Å². The molecule has 1 aromatic heterocycles. The van der Waals surface area contributed by atoms with Crippen molar-refractivity contribution in [2.24, 2.45) is 0 Å². The Balaban J connectivity index is 1.98. The monoisotopic (exact) mass is 294 g/mol. The minimum Gasteiger partial charge on any atom is -0.472 e. The van der Waals surface area contributed by atoms with E-state index in [-0.39, 0.29) is 18.2 Å². The lowest BCUT2D eigenvalue weighted by Gasteiger charge is -2.24. The minimum atomic E-state index is -4.68. The summed E-state index contributed by atoms with van der Waals surface area (Å²) in [6, 6.07) is 1.34. The van der Waals surface area contributed by atoms with Crippen LogP contribution in [-0.2, 0) is 16.0 Å². The van der Waals surface area contributed by atoms with E-state index in [1.807, 2.05) is 0 Å². The summed E-state index contributed by atoms with van der Waals surface area (Å²) < 4.78 is 51.1. The molecule has 0 spiro atoms. The molecule has 112 valence electrons. The molecular weight excluding hydrogens is 281 g/mol. The van der Waals surface area contributed by atoms with Crippen LogP contribution in [0.25, 0.3) is 0 Å². The first kappa shape index (κ1) is 14.6. The van der Waals surface area contributed by atoms with Gasteiger partial charge in [-0.1, -0.05) is 0 Å². The predicted molar refractivity (Wildman–Crippen MR) is 59.2 cm³/mol. The van der Waals surface area contributed by atoms with Crippen LogP contribution in [0, 0.1) is 0 Å². The van der Waals surface area contributed by atoms with Crippen LogP contribution in [0.2, 0.25) is 0 Å². The lowest BCUT2D eigenvalue weighted by Crippen LogP contribution is -2.32. The van der Waals surface area contributed by atoms with Crippen LogP contribution >= 0.6 is 0 Å². The highest BCUT2D eigenvalue weighted by Crippen LogP contribution is 2.24. The molecule has 0 radical (unpaired) electrons. The number of nitrogens with zero attached hydrogens (tertiary/aromatic N) is 2. The average molecular weight is 294 g/mol. The number of hydrogen-bond donors (Lipinski definition) is 0. The van der Waals surface area contributed by atoms with Crippen molar-refractivity contribution in [1.82, 2.24) is 9.78 Å². The van der Waals surface area contributed by atoms with Crippen molar-refractivity contribution in [1.29, 1.82) is 0 Å². The highest BCUT2D eigenvalue weighted by molar-refractivity contribution is 5.87. The molecule has 0 saturated heterocycles. The van der Waals surface area contributed by atoms with Crippen molar-refractivity contribution in [3.05, 3.63) is 11.8 Å². The molecule has 0 aromatic carbocycles. The summed E-state index contributed by atoms with van der Waals surface area (Å²) in [5, 5.41) is 3.97. The molecule has 1 unspecified atom stereocenters. The van der Waals surface area contributed by atoms with E-state index >= 15 is 0 Å². The molecule has 6 nitrogen and oxygen atoms in total. The lowest BCUT2D eigenvalue weighted by molar-refractivity contribution is -0.330. The summed E-state index contributed by atoms with van der Waals surface area (Å²) in [6.45, 7) is 1.63. The highest BCUT2D eigenvalue weighted by Gasteiger charge is 2.32. The molecule has 0 aliphatic carbocycles. The van der Waals surface area contributed by atoms with Gasteiger partial charge < -0.3 is 9.47 Å². The number of ether oxygens (including phenoxy) is 3. The Hall–Kier alpha value is -1.77. The van der Waals surface area contributed by atoms with Crippen LogP contribution in [0.15, 0.2) is 6.07 Å². The largest absolute Gasteiger partial charge is 0.522 e. The van der Waals surface area contributed by atoms with E-state index in [9.17, 15) is 18.0 Å². The zero-order valence-corrected chi connectivity index (χ0v) is 10.6. The maximum Gasteiger partial charge on any atom is 0.522 e. The van der Waals surface area contributed by atoms with Crippen LogP contribution in [0.4, 0.5) is 13.2 Å². The number of esters is 1. The van der Waals surface area contributed by atoms with Gasteiger partial charge in [0.05, 0.1) is 13.2 Å². The molecular formula is C11H13F3N2O4. The minimum absolute atomic E-state index is 0.0687. The van der Waals surface area contributed by atoms with E-state index in [4.69, 9.17) is 9.47 Å². The second-order valence-corrected chi connectivity index (χ2v) is 4.10. The SMILES string of the molecule is CCOC(=O)c1cc2n(n1)CCC(COC(F)(F)F)O2. The van der Waals surface area contributed by atoms with Crippen LogP contribution in [-0.4, -0.2) is 41.4 Å². The molecule has 0 amide bonds. The standard InChI is InChI=1S/C11H13F3N2O4/c1-2-18-10(17)8-5-9-16(15-8)4-3-7(20-9)6-19-11(12,13)14/h5,7H,2-4,6H2,1H3. The Kier molecular flexibility index (Phi) is 4.17. The molecule has 20 heavy (non-hydrogen) atoms. The number of carbonyl (C=O) groups excluding carboxylic acids is 1. The average Bonchev–Trinajstić information content (AvgIpc) is 2.78. The molecule has 2 rings (SSSR count). The topological polar surface area (TPSA) is 62.6 Å². The number of aromatic nitrogens is 2. The Morgan fingerprint density at radius 2 is 2.35 bits per heavy atom. The fraction of sp³-hybridized carbons (Fsp3) is 0.636. The fourth-order valence-electron chi connectivity index (χ4n) is 1.76. The van der Waals surface area contributed by atoms with Crippen molar-refractivity contribution in [3.8, 4) is 5.88 Å². The Morgan fingerprint density at radius 1 is 1.60 bits per heavy atom. The second kappa shape index (κ2) is 5.70. The summed E-state index contributed by atoms with van der Waals surface area (Å²) in [5.41, 5.74) is 0.0687. The highest BCUT2D eigenvalue weighted by atomic mass is 19.4. The number of alkyl halides is 3. The van der Waals surface area contributed by atoms with Gasteiger partial charge in [0.1, 0.15) is 6.10 Å². The predicted octanol–water partition coefficient (Wildman–Crippen LogP) is 1.75. The smallest absolute Gasteiger partial charge is 0.472 e. The number of hydrogen-bond acceptors (Lipinski definition) is 5. The zero-order chi connectivity index (χ0) is 14.8. The third kappa shape index (κ3) is 3.62. The third-order valence-electron chi connectivity index (χ3n) is 2.61. The quantitative estimate of drug-likeness (QED) is 0.792. The van der Waals surface area contributed by atoms with E-state index < -0.39 is 25.0 Å². The van der Waals surface area contributed by atoms with Gasteiger partial charge in [-0.15, -0.1) is 13.2 Å². The van der Waals surface area contributed by atoms with Gasteiger partial charge in [-0.3, -0.25) is 4.74 Å². The normalized spacial score (nSPS) is 18.3. The Bertz CT molecular complexity index is 487. The number of fused-ring (bicyclic) bond motifs is 1. The van der Waals surface area contributed by atoms with E-state index in [2.05, 4.69) is 9.84 Å². The number of halogens is 3. The summed E-state index contributed by atoms with van der Waals surface area (Å²) >= 11 is 0. The van der Waals surface area contributed by atoms with Crippen LogP contribution in [0.5, 0.6) is 5.88 Å². The number of aryl methyl sites for hydroxylation is 1. The van der Waals surface area contributed by atoms with Gasteiger partial charge in [0.2, 0.25) is 5.88 Å². The molecule has 1 aromatic rings. The molecule has 1 atom stereocenters. The third-order valence-corrected chi connectivity index (χ3v) is 2.61. The maximum absolute atomic E-state index is 11.9. The van der Waals surface area contributed by atoms with Crippen molar-refractivity contribution in [3.63, 3.8) is 0 Å². The van der Waals surface area contributed by atoms with E-state index in [1.165, 1.54) is 10.7 Å². The molecule has 0 N–H and O–H groups in total. The molecule has 0 fully saturated rings. The number of carbonyl (C=O) groups is 1. The van der Waals surface area contributed by atoms with Gasteiger partial charge in [0.25, 0.3) is 0 Å². The zero-order valence-electron chi connectivity index (χ0n) is 10.6. The summed E-state index contributed by atoms with van der Waals surface area (Å²) in [6.07, 6.45) is -5.10. The van der Waals surface area contributed by atoms with Crippen LogP contribution < -0.4 is 4.74 Å². The van der Waals surface area contributed by atoms with Gasteiger partial charge in [0.15, 0.2) is 5.69 Å². The fourth-order valence-corrected chi connectivity index (χ4v) is 1.76. The first-order chi connectivity index (χ1) is 9.39. The lowest BCUT2D eigenvalue weighted by atomic mass is 10.2. The first-order valence-electron chi connectivity index (χ1n) is 6.01. The second-order valence-electron chi connectivity index (χ2n) is 4.10. The van der Waals surface area contributed by atoms with E-state index in [1.54, 1.807) is 6.92 Å². The van der Waals surface area contributed by atoms with Gasteiger partial charge in [0, 0.05) is 19.0 Å². The molecule has 0 bridgehead atoms. The summed E-state index contributed by atoms with van der Waals surface area (Å²) in [4.78, 5) is 11.5. The summed E-state index contributed by atoms with van der Waals surface area (Å²) in [7, 11) is 0. The van der Waals surface area contributed by atoms with Crippen molar-refractivity contribution in [2.45, 2.75) is 32.4 Å². The molecule has 1 aliphatic rings. The van der Waals surface area contributed by atoms with Crippen LogP contribution in [0.1, 0.15) is 23.8 Å². The molecule has 2 heterocycles. The van der Waals surface area contributed by atoms with Crippen molar-refractivity contribution in [2.75, 3.05) is 13.2 Å². The number of rotatable bonds is 4. The van der Waals surface area contributed by atoms with Crippen LogP contribution in [0.3, 0.4) is 0 Å². The first-order valence-corrected chi connectivity index (χ1v) is 6.01. The van der Waals surface area contributed by atoms with Gasteiger partial charge >= 0.3 is 12.3 Å². The Morgan fingerprint density at radius 3 is 3.00 bits per heavy atom.